The molecule has 0 heterocycles. The first kappa shape index (κ1) is 25.7. The van der Waals surface area contributed by atoms with Crippen LogP contribution in [0.2, 0.25) is 0 Å². The van der Waals surface area contributed by atoms with Crippen LogP contribution in [0.3, 0.4) is 0 Å². The highest BCUT2D eigenvalue weighted by Gasteiger charge is 2.71. The van der Waals surface area contributed by atoms with Gasteiger partial charge in [-0.15, -0.1) is 0 Å². The number of aliphatic hydroxyl groups is 3. The molecule has 0 radical (unpaired) electrons. The maximum absolute atomic E-state index is 12.8. The topological polar surface area (TPSA) is 98.0 Å². The molecule has 5 aliphatic rings. The summed E-state index contributed by atoms with van der Waals surface area (Å²) in [6, 6.07) is 0. The van der Waals surface area contributed by atoms with Crippen LogP contribution in [-0.2, 0) is 4.79 Å². The van der Waals surface area contributed by atoms with E-state index in [4.69, 9.17) is 0 Å². The number of rotatable bonds is 1. The van der Waals surface area contributed by atoms with E-state index in [1.807, 2.05) is 6.92 Å². The summed E-state index contributed by atoms with van der Waals surface area (Å²) < 4.78 is 0. The minimum absolute atomic E-state index is 0.0535. The quantitative estimate of drug-likeness (QED) is 0.382. The number of carbonyl (C=O) groups is 1. The molecule has 35 heavy (non-hydrogen) atoms. The Balaban J connectivity index is 1.65. The lowest BCUT2D eigenvalue weighted by Gasteiger charge is -2.72. The van der Waals surface area contributed by atoms with E-state index in [-0.39, 0.29) is 33.5 Å². The van der Waals surface area contributed by atoms with Gasteiger partial charge < -0.3 is 20.4 Å². The summed E-state index contributed by atoms with van der Waals surface area (Å²) in [6.45, 7) is 15.3. The van der Waals surface area contributed by atoms with E-state index in [9.17, 15) is 25.2 Å². The van der Waals surface area contributed by atoms with Crippen molar-refractivity contribution in [3.05, 3.63) is 11.6 Å². The number of aliphatic carboxylic acids is 1. The third-order valence-electron chi connectivity index (χ3n) is 13.4. The molecule has 0 aromatic carbocycles. The fraction of sp³-hybridized carbons (Fsp3) is 0.900. The molecule has 0 saturated heterocycles. The normalized spacial score (nSPS) is 57.1. The van der Waals surface area contributed by atoms with Crippen LogP contribution in [0.1, 0.15) is 99.8 Å². The zero-order chi connectivity index (χ0) is 26.0. The van der Waals surface area contributed by atoms with Gasteiger partial charge in [0, 0.05) is 5.92 Å². The zero-order valence-electron chi connectivity index (χ0n) is 22.9. The fourth-order valence-corrected chi connectivity index (χ4v) is 11.0. The molecule has 11 atom stereocenters. The van der Waals surface area contributed by atoms with Gasteiger partial charge in [0.2, 0.25) is 0 Å². The molecule has 198 valence electrons. The largest absolute Gasteiger partial charge is 0.481 e. The van der Waals surface area contributed by atoms with Crippen LogP contribution in [0, 0.1) is 50.7 Å². The van der Waals surface area contributed by atoms with Crippen LogP contribution < -0.4 is 0 Å². The number of fused-ring (bicyclic) bond motifs is 7. The first-order valence-electron chi connectivity index (χ1n) is 14.0. The average Bonchev–Trinajstić information content (AvgIpc) is 2.75. The maximum atomic E-state index is 12.8. The molecule has 4 saturated carbocycles. The summed E-state index contributed by atoms with van der Waals surface area (Å²) in [6.07, 6.45) is 7.21. The van der Waals surface area contributed by atoms with Gasteiger partial charge in [-0.25, -0.2) is 0 Å². The van der Waals surface area contributed by atoms with Crippen LogP contribution in [0.5, 0.6) is 0 Å². The Morgan fingerprint density at radius 2 is 1.60 bits per heavy atom. The van der Waals surface area contributed by atoms with Gasteiger partial charge in [0.1, 0.15) is 0 Å². The summed E-state index contributed by atoms with van der Waals surface area (Å²) in [5.41, 5.74) is -1.46. The van der Waals surface area contributed by atoms with Gasteiger partial charge in [-0.3, -0.25) is 4.79 Å². The van der Waals surface area contributed by atoms with Crippen molar-refractivity contribution in [1.82, 2.24) is 0 Å². The third kappa shape index (κ3) is 2.90. The molecule has 0 bridgehead atoms. The minimum atomic E-state index is -1.05. The van der Waals surface area contributed by atoms with Crippen LogP contribution >= 0.6 is 0 Å². The van der Waals surface area contributed by atoms with Gasteiger partial charge in [0.15, 0.2) is 0 Å². The van der Waals surface area contributed by atoms with E-state index in [0.717, 1.165) is 32.1 Å². The van der Waals surface area contributed by atoms with Crippen molar-refractivity contribution < 1.29 is 25.2 Å². The van der Waals surface area contributed by atoms with Gasteiger partial charge in [-0.1, -0.05) is 53.2 Å². The van der Waals surface area contributed by atoms with Gasteiger partial charge in [0.25, 0.3) is 0 Å². The summed E-state index contributed by atoms with van der Waals surface area (Å²) >= 11 is 0. The molecular weight excluding hydrogens is 440 g/mol. The molecule has 5 nitrogen and oxygen atoms in total. The smallest absolute Gasteiger partial charge is 0.310 e. The standard InChI is InChI=1S/C30H48O5/c1-17-10-13-30(24(33)34)15-14-27(5)18(22(30)29(17,7)35)8-9-21-26(4)16-19(31)23(32)25(2,3)20(26)11-12-28(21,27)6/h8,17,19-23,31-32,35H,9-16H2,1-7H3,(H,33,34)/t17-,19-,20+,21-,22-,23-,26+,27+,28-,29-,30+/m1/s1. The Kier molecular flexibility index (Phi) is 5.40. The number of carboxylic acid groups (broad SMARTS) is 1. The van der Waals surface area contributed by atoms with E-state index in [0.29, 0.717) is 31.1 Å². The van der Waals surface area contributed by atoms with Crippen molar-refractivity contribution in [1.29, 1.82) is 0 Å². The second-order valence-corrected chi connectivity index (χ2v) is 14.9. The van der Waals surface area contributed by atoms with Crippen molar-refractivity contribution in [3.8, 4) is 0 Å². The van der Waals surface area contributed by atoms with E-state index in [1.54, 1.807) is 0 Å². The number of hydrogen-bond donors (Lipinski definition) is 4. The van der Waals surface area contributed by atoms with Crippen LogP contribution in [-0.4, -0.2) is 44.2 Å². The molecule has 4 N–H and O–H groups in total. The van der Waals surface area contributed by atoms with Crippen LogP contribution in [0.25, 0.3) is 0 Å². The average molecular weight is 489 g/mol. The number of allylic oxidation sites excluding steroid dienone is 1. The summed E-state index contributed by atoms with van der Waals surface area (Å²) in [5, 5.41) is 44.3. The lowest BCUT2D eigenvalue weighted by atomic mass is 9.33. The second kappa shape index (κ2) is 7.35. The lowest BCUT2D eigenvalue weighted by Crippen LogP contribution is -2.68. The first-order valence-corrected chi connectivity index (χ1v) is 14.0. The number of carboxylic acids is 1. The van der Waals surface area contributed by atoms with E-state index in [1.165, 1.54) is 5.57 Å². The van der Waals surface area contributed by atoms with Crippen molar-refractivity contribution in [3.63, 3.8) is 0 Å². The van der Waals surface area contributed by atoms with E-state index >= 15 is 0 Å². The van der Waals surface area contributed by atoms with Crippen molar-refractivity contribution in [2.75, 3.05) is 0 Å². The monoisotopic (exact) mass is 488 g/mol. The predicted molar refractivity (Wildman–Crippen MR) is 135 cm³/mol. The SMILES string of the molecule is C[C@@H]1CC[C@]2(C(=O)O)CC[C@@]3(C)C(=CC[C@@H]4[C@@]5(C)C[C@@H](O)[C@@H](O)C(C)(C)[C@@H]5CC[C@]43C)[C@@H]2[C@]1(C)O. The summed E-state index contributed by atoms with van der Waals surface area (Å²) in [4.78, 5) is 12.8. The predicted octanol–water partition coefficient (Wildman–Crippen LogP) is 5.18. The van der Waals surface area contributed by atoms with Gasteiger partial charge in [-0.2, -0.15) is 0 Å². The minimum Gasteiger partial charge on any atom is -0.481 e. The molecule has 4 fully saturated rings. The van der Waals surface area contributed by atoms with Gasteiger partial charge >= 0.3 is 5.97 Å². The molecule has 0 aliphatic heterocycles. The van der Waals surface area contributed by atoms with Crippen LogP contribution in [0.4, 0.5) is 0 Å². The molecule has 0 aromatic heterocycles. The molecule has 0 amide bonds. The van der Waals surface area contributed by atoms with Crippen molar-refractivity contribution >= 4 is 5.97 Å². The van der Waals surface area contributed by atoms with Crippen molar-refractivity contribution in [2.45, 2.75) is 118 Å². The molecule has 5 heteroatoms. The molecule has 0 spiro atoms. The second-order valence-electron chi connectivity index (χ2n) is 14.9. The highest BCUT2D eigenvalue weighted by molar-refractivity contribution is 5.77. The van der Waals surface area contributed by atoms with Crippen molar-refractivity contribution in [2.24, 2.45) is 50.7 Å². The Morgan fingerprint density at radius 3 is 2.23 bits per heavy atom. The third-order valence-corrected chi connectivity index (χ3v) is 13.4. The van der Waals surface area contributed by atoms with Gasteiger partial charge in [0.05, 0.1) is 23.2 Å². The fourth-order valence-electron chi connectivity index (χ4n) is 11.0. The lowest BCUT2D eigenvalue weighted by molar-refractivity contribution is -0.237. The van der Waals surface area contributed by atoms with E-state index < -0.39 is 29.2 Å². The highest BCUT2D eigenvalue weighted by Crippen LogP contribution is 2.76. The number of hydrogen-bond acceptors (Lipinski definition) is 4. The summed E-state index contributed by atoms with van der Waals surface area (Å²) in [7, 11) is 0. The molecular formula is C30H48O5. The zero-order valence-corrected chi connectivity index (χ0v) is 22.9. The van der Waals surface area contributed by atoms with E-state index in [2.05, 4.69) is 47.6 Å². The molecule has 0 unspecified atom stereocenters. The molecule has 0 aromatic rings. The van der Waals surface area contributed by atoms with Gasteiger partial charge in [-0.05, 0) is 97.7 Å². The Labute approximate surface area is 211 Å². The first-order chi connectivity index (χ1) is 16.0. The maximum Gasteiger partial charge on any atom is 0.310 e. The summed E-state index contributed by atoms with van der Waals surface area (Å²) in [5.74, 6) is -0.394. The molecule has 5 aliphatic carbocycles. The molecule has 5 rings (SSSR count). The highest BCUT2D eigenvalue weighted by atomic mass is 16.4. The van der Waals surface area contributed by atoms with Crippen LogP contribution in [0.15, 0.2) is 11.6 Å². The Bertz CT molecular complexity index is 952. The Morgan fingerprint density at radius 1 is 0.943 bits per heavy atom. The number of aliphatic hydroxyl groups excluding tert-OH is 2. The Hall–Kier alpha value is -0.910.